The Bertz CT molecular complexity index is 955. The zero-order chi connectivity index (χ0) is 19.3. The van der Waals surface area contributed by atoms with Crippen LogP contribution in [0.15, 0.2) is 36.5 Å². The minimum absolute atomic E-state index is 0.0231. The van der Waals surface area contributed by atoms with Gasteiger partial charge in [0.05, 0.1) is 13.3 Å². The summed E-state index contributed by atoms with van der Waals surface area (Å²) >= 11 is 0. The second-order valence-electron chi connectivity index (χ2n) is 5.21. The van der Waals surface area contributed by atoms with Crippen LogP contribution < -0.4 is 5.73 Å². The summed E-state index contributed by atoms with van der Waals surface area (Å²) < 4.78 is 18.3. The van der Waals surface area contributed by atoms with Crippen LogP contribution in [0.4, 0.5) is 4.39 Å². The molecule has 0 saturated heterocycles. The van der Waals surface area contributed by atoms with Gasteiger partial charge in [-0.25, -0.2) is 23.5 Å². The maximum atomic E-state index is 12.6. The zero-order valence-electron chi connectivity index (χ0n) is 14.1. The van der Waals surface area contributed by atoms with Gasteiger partial charge >= 0.3 is 11.9 Å². The van der Waals surface area contributed by atoms with Gasteiger partial charge in [0.15, 0.2) is 17.0 Å². The Kier molecular flexibility index (Phi) is 5.97. The number of nitrogens with zero attached hydrogens (tertiary/aromatic N) is 3. The molecule has 8 nitrogen and oxygen atoms in total. The summed E-state index contributed by atoms with van der Waals surface area (Å²) in [7, 11) is 1.21. The average molecular weight is 360 g/mol. The number of aromatic nitrogens is 3. The normalized spacial score (nSPS) is 10.2. The largest absolute Gasteiger partial charge is 0.477 e. The van der Waals surface area contributed by atoms with Gasteiger partial charge in [0, 0.05) is 18.7 Å². The van der Waals surface area contributed by atoms with E-state index in [-0.39, 0.29) is 22.9 Å². The van der Waals surface area contributed by atoms with Crippen molar-refractivity contribution in [2.24, 2.45) is 5.73 Å². The topological polar surface area (TPSA) is 120 Å². The zero-order valence-corrected chi connectivity index (χ0v) is 14.1. The van der Waals surface area contributed by atoms with Gasteiger partial charge < -0.3 is 15.6 Å². The second kappa shape index (κ2) is 8.17. The molecule has 0 saturated carbocycles. The van der Waals surface area contributed by atoms with E-state index in [1.807, 2.05) is 0 Å². The second-order valence-corrected chi connectivity index (χ2v) is 5.21. The molecule has 0 fully saturated rings. The van der Waals surface area contributed by atoms with Crippen molar-refractivity contribution in [2.75, 3.05) is 7.11 Å². The van der Waals surface area contributed by atoms with Gasteiger partial charge in [0.25, 0.3) is 0 Å². The lowest BCUT2D eigenvalue weighted by molar-refractivity contribution is 0.0590. The maximum Gasteiger partial charge on any atom is 0.356 e. The summed E-state index contributed by atoms with van der Waals surface area (Å²) in [6.07, 6.45) is 1.42. The van der Waals surface area contributed by atoms with E-state index in [2.05, 4.69) is 14.8 Å². The number of carboxylic acids is 1. The lowest BCUT2D eigenvalue weighted by Crippen LogP contribution is -2.13. The third kappa shape index (κ3) is 4.19. The first-order chi connectivity index (χ1) is 12.4. The highest BCUT2D eigenvalue weighted by Gasteiger charge is 2.16. The number of carboxylic acid groups (broad SMARTS) is 1. The molecule has 3 rings (SSSR count). The highest BCUT2D eigenvalue weighted by Crippen LogP contribution is 2.09. The molecule has 0 spiro atoms. The van der Waals surface area contributed by atoms with Crippen molar-refractivity contribution < 1.29 is 23.8 Å². The first-order valence-electron chi connectivity index (χ1n) is 7.49. The monoisotopic (exact) mass is 360 g/mol. The number of fused-ring (bicyclic) bond motifs is 1. The van der Waals surface area contributed by atoms with Crippen molar-refractivity contribution in [3.05, 3.63) is 64.9 Å². The van der Waals surface area contributed by atoms with Crippen LogP contribution in [0.3, 0.4) is 0 Å². The molecule has 3 N–H and O–H groups in total. The SMILES string of the molecule is COC(=O)c1cc(C(=O)O)nc2ccnn12.Cc1cc(CN)ccc1F. The van der Waals surface area contributed by atoms with Gasteiger partial charge in [-0.1, -0.05) is 12.1 Å². The van der Waals surface area contributed by atoms with Gasteiger partial charge in [-0.2, -0.15) is 5.10 Å². The summed E-state index contributed by atoms with van der Waals surface area (Å²) in [5.41, 5.74) is 7.05. The number of hydrogen-bond acceptors (Lipinski definition) is 6. The summed E-state index contributed by atoms with van der Waals surface area (Å²) in [5.74, 6) is -2.05. The number of rotatable bonds is 3. The van der Waals surface area contributed by atoms with Crippen molar-refractivity contribution in [1.82, 2.24) is 14.6 Å². The van der Waals surface area contributed by atoms with E-state index < -0.39 is 11.9 Å². The number of aryl methyl sites for hydroxylation is 1. The molecule has 3 aromatic rings. The Hall–Kier alpha value is -3.33. The molecular weight excluding hydrogens is 343 g/mol. The van der Waals surface area contributed by atoms with E-state index >= 15 is 0 Å². The van der Waals surface area contributed by atoms with E-state index in [0.717, 1.165) is 11.6 Å². The van der Waals surface area contributed by atoms with Crippen LogP contribution in [0.1, 0.15) is 32.1 Å². The third-order valence-electron chi connectivity index (χ3n) is 3.43. The molecule has 9 heteroatoms. The van der Waals surface area contributed by atoms with Gasteiger partial charge in [-0.05, 0) is 24.1 Å². The molecule has 1 aromatic carbocycles. The molecule has 0 unspecified atom stereocenters. The predicted octanol–water partition coefficient (Wildman–Crippen LogP) is 1.81. The average Bonchev–Trinajstić information content (AvgIpc) is 3.11. The number of carbonyl (C=O) groups is 2. The van der Waals surface area contributed by atoms with Crippen LogP contribution in [-0.4, -0.2) is 38.8 Å². The minimum Gasteiger partial charge on any atom is -0.477 e. The molecule has 0 aliphatic heterocycles. The van der Waals surface area contributed by atoms with E-state index in [9.17, 15) is 14.0 Å². The fraction of sp³-hybridized carbons (Fsp3) is 0.176. The van der Waals surface area contributed by atoms with Crippen LogP contribution in [0.5, 0.6) is 0 Å². The Morgan fingerprint density at radius 2 is 2.04 bits per heavy atom. The number of hydrogen-bond donors (Lipinski definition) is 2. The molecule has 2 aromatic heterocycles. The molecule has 0 aliphatic rings. The maximum absolute atomic E-state index is 12.6. The van der Waals surface area contributed by atoms with E-state index in [0.29, 0.717) is 12.1 Å². The number of carbonyl (C=O) groups excluding carboxylic acids is 1. The number of benzene rings is 1. The number of ether oxygens (including phenoxy) is 1. The first kappa shape index (κ1) is 19.0. The Labute approximate surface area is 148 Å². The smallest absolute Gasteiger partial charge is 0.356 e. The molecule has 0 amide bonds. The number of halogens is 1. The lowest BCUT2D eigenvalue weighted by Gasteiger charge is -2.03. The molecular formula is C17H17FN4O4. The van der Waals surface area contributed by atoms with Gasteiger partial charge in [0.1, 0.15) is 5.82 Å². The summed E-state index contributed by atoms with van der Waals surface area (Å²) in [6, 6.07) is 7.52. The standard InChI is InChI=1S/C9H7N3O4.C8H10FN/c1-16-9(15)6-4-5(8(13)14)11-7-2-3-10-12(6)7;1-6-4-7(5-10)2-3-8(6)9/h2-4H,1H3,(H,13,14);2-4H,5,10H2,1H3. The molecule has 2 heterocycles. The summed E-state index contributed by atoms with van der Waals surface area (Å²) in [6.45, 7) is 2.20. The van der Waals surface area contributed by atoms with Gasteiger partial charge in [-0.3, -0.25) is 0 Å². The fourth-order valence-electron chi connectivity index (χ4n) is 2.11. The van der Waals surface area contributed by atoms with Crippen molar-refractivity contribution in [3.8, 4) is 0 Å². The van der Waals surface area contributed by atoms with Crippen molar-refractivity contribution in [2.45, 2.75) is 13.5 Å². The Morgan fingerprint density at radius 1 is 1.31 bits per heavy atom. The van der Waals surface area contributed by atoms with Crippen LogP contribution in [0.2, 0.25) is 0 Å². The van der Waals surface area contributed by atoms with Crippen LogP contribution in [0.25, 0.3) is 5.65 Å². The van der Waals surface area contributed by atoms with Gasteiger partial charge in [0.2, 0.25) is 0 Å². The first-order valence-corrected chi connectivity index (χ1v) is 7.49. The van der Waals surface area contributed by atoms with E-state index in [4.69, 9.17) is 10.8 Å². The van der Waals surface area contributed by atoms with Crippen LogP contribution in [0, 0.1) is 12.7 Å². The van der Waals surface area contributed by atoms with Crippen LogP contribution in [-0.2, 0) is 11.3 Å². The Balaban J connectivity index is 0.000000209. The van der Waals surface area contributed by atoms with Gasteiger partial charge in [-0.15, -0.1) is 0 Å². The van der Waals surface area contributed by atoms with Crippen molar-refractivity contribution in [3.63, 3.8) is 0 Å². The summed E-state index contributed by atoms with van der Waals surface area (Å²) in [5, 5.41) is 12.7. The third-order valence-corrected chi connectivity index (χ3v) is 3.43. The molecule has 0 aliphatic carbocycles. The number of nitrogens with two attached hydrogens (primary N) is 1. The lowest BCUT2D eigenvalue weighted by atomic mass is 10.1. The minimum atomic E-state index is -1.21. The summed E-state index contributed by atoms with van der Waals surface area (Å²) in [4.78, 5) is 26.0. The molecule has 0 bridgehead atoms. The molecule has 136 valence electrons. The molecule has 0 atom stereocenters. The highest BCUT2D eigenvalue weighted by atomic mass is 19.1. The van der Waals surface area contributed by atoms with Crippen molar-refractivity contribution in [1.29, 1.82) is 0 Å². The number of methoxy groups -OCH3 is 1. The van der Waals surface area contributed by atoms with Crippen LogP contribution >= 0.6 is 0 Å². The predicted molar refractivity (Wildman–Crippen MR) is 90.3 cm³/mol. The van der Waals surface area contributed by atoms with Crippen molar-refractivity contribution >= 4 is 17.6 Å². The number of aromatic carboxylic acids is 1. The quantitative estimate of drug-likeness (QED) is 0.683. The fourth-order valence-corrected chi connectivity index (χ4v) is 2.11. The molecule has 0 radical (unpaired) electrons. The van der Waals surface area contributed by atoms with E-state index in [1.54, 1.807) is 19.1 Å². The highest BCUT2D eigenvalue weighted by molar-refractivity contribution is 5.92. The number of esters is 1. The molecule has 26 heavy (non-hydrogen) atoms. The Morgan fingerprint density at radius 3 is 2.62 bits per heavy atom. The van der Waals surface area contributed by atoms with E-state index in [1.165, 1.54) is 30.0 Å².